The van der Waals surface area contributed by atoms with Gasteiger partial charge >= 0.3 is 0 Å². The molecule has 0 aliphatic rings. The summed E-state index contributed by atoms with van der Waals surface area (Å²) in [5.41, 5.74) is 0.282. The van der Waals surface area contributed by atoms with Crippen molar-refractivity contribution >= 4 is 40.6 Å². The zero-order chi connectivity index (χ0) is 17.7. The van der Waals surface area contributed by atoms with Gasteiger partial charge in [-0.1, -0.05) is 11.6 Å². The lowest BCUT2D eigenvalue weighted by Crippen LogP contribution is -2.22. The average molecular weight is 367 g/mol. The molecule has 1 atom stereocenters. The van der Waals surface area contributed by atoms with Crippen LogP contribution in [0.25, 0.3) is 0 Å². The summed E-state index contributed by atoms with van der Waals surface area (Å²) in [6, 6.07) is 11.2. The van der Waals surface area contributed by atoms with Crippen molar-refractivity contribution in [2.45, 2.75) is 17.1 Å². The summed E-state index contributed by atoms with van der Waals surface area (Å²) in [6.45, 7) is 1.77. The summed E-state index contributed by atoms with van der Waals surface area (Å²) in [4.78, 5) is 23.5. The van der Waals surface area contributed by atoms with Gasteiger partial charge in [-0.05, 0) is 37.3 Å². The van der Waals surface area contributed by atoms with Gasteiger partial charge in [0.2, 0.25) is 5.91 Å². The second-order valence-corrected chi connectivity index (χ2v) is 6.70. The zero-order valence-corrected chi connectivity index (χ0v) is 14.6. The van der Waals surface area contributed by atoms with Gasteiger partial charge in [-0.3, -0.25) is 14.9 Å². The van der Waals surface area contributed by atoms with Crippen LogP contribution < -0.4 is 10.1 Å². The predicted octanol–water partition coefficient (Wildman–Crippen LogP) is 4.38. The highest BCUT2D eigenvalue weighted by Gasteiger charge is 2.18. The summed E-state index contributed by atoms with van der Waals surface area (Å²) in [7, 11) is 1.39. The van der Waals surface area contributed by atoms with Crippen LogP contribution in [-0.4, -0.2) is 23.2 Å². The van der Waals surface area contributed by atoms with Crippen LogP contribution in [0.4, 0.5) is 11.4 Å². The number of halogens is 1. The van der Waals surface area contributed by atoms with E-state index in [1.165, 1.54) is 37.1 Å². The third-order valence-corrected chi connectivity index (χ3v) is 4.51. The van der Waals surface area contributed by atoms with Crippen molar-refractivity contribution < 1.29 is 14.5 Å². The van der Waals surface area contributed by atoms with E-state index in [0.717, 1.165) is 4.90 Å². The first kappa shape index (κ1) is 18.1. The molecule has 24 heavy (non-hydrogen) atoms. The monoisotopic (exact) mass is 366 g/mol. The number of carbonyl (C=O) groups is 1. The summed E-state index contributed by atoms with van der Waals surface area (Å²) >= 11 is 7.22. The van der Waals surface area contributed by atoms with E-state index >= 15 is 0 Å². The second kappa shape index (κ2) is 8.03. The maximum absolute atomic E-state index is 12.3. The first-order valence-electron chi connectivity index (χ1n) is 6.96. The maximum Gasteiger partial charge on any atom is 0.273 e. The minimum atomic E-state index is -0.521. The highest BCUT2D eigenvalue weighted by Crippen LogP contribution is 2.30. The number of rotatable bonds is 6. The van der Waals surface area contributed by atoms with Crippen LogP contribution in [-0.2, 0) is 4.79 Å². The van der Waals surface area contributed by atoms with E-state index in [-0.39, 0.29) is 22.6 Å². The van der Waals surface area contributed by atoms with Crippen molar-refractivity contribution in [3.63, 3.8) is 0 Å². The number of nitrogens with zero attached hydrogens (tertiary/aromatic N) is 1. The van der Waals surface area contributed by atoms with Gasteiger partial charge in [-0.2, -0.15) is 0 Å². The molecule has 0 heterocycles. The van der Waals surface area contributed by atoms with Crippen molar-refractivity contribution in [1.82, 2.24) is 0 Å². The number of anilines is 1. The number of benzene rings is 2. The Kier molecular flexibility index (Phi) is 6.05. The highest BCUT2D eigenvalue weighted by atomic mass is 35.5. The van der Waals surface area contributed by atoms with Crippen LogP contribution >= 0.6 is 23.4 Å². The largest absolute Gasteiger partial charge is 0.494 e. The Morgan fingerprint density at radius 2 is 1.96 bits per heavy atom. The minimum absolute atomic E-state index is 0.103. The molecule has 0 fully saturated rings. The van der Waals surface area contributed by atoms with E-state index in [1.807, 2.05) is 12.1 Å². The lowest BCUT2D eigenvalue weighted by molar-refractivity contribution is -0.384. The van der Waals surface area contributed by atoms with Crippen molar-refractivity contribution in [3.8, 4) is 5.75 Å². The Bertz CT molecular complexity index is 752. The third-order valence-electron chi connectivity index (χ3n) is 3.15. The molecule has 0 radical (unpaired) electrons. The summed E-state index contributed by atoms with van der Waals surface area (Å²) in [6.07, 6.45) is 0. The molecule has 126 valence electrons. The van der Waals surface area contributed by atoms with Gasteiger partial charge in [0.25, 0.3) is 5.69 Å². The van der Waals surface area contributed by atoms with Gasteiger partial charge in [0.1, 0.15) is 5.75 Å². The lowest BCUT2D eigenvalue weighted by Gasteiger charge is -2.14. The van der Waals surface area contributed by atoms with E-state index in [2.05, 4.69) is 5.32 Å². The third kappa shape index (κ3) is 4.62. The first-order valence-corrected chi connectivity index (χ1v) is 8.22. The molecule has 2 rings (SSSR count). The fraction of sp³-hybridized carbons (Fsp3) is 0.188. The Hall–Kier alpha value is -2.25. The molecule has 0 unspecified atom stereocenters. The molecule has 0 saturated heterocycles. The number of hydrogen-bond donors (Lipinski definition) is 1. The molecule has 0 aliphatic carbocycles. The van der Waals surface area contributed by atoms with Crippen LogP contribution in [0.1, 0.15) is 6.92 Å². The standard InChI is InChI=1S/C16H15ClN2O4S/c1-10(24-13-6-3-11(17)4-7-13)16(20)18-14-8-5-12(19(21)22)9-15(14)23-2/h3-10H,1-2H3,(H,18,20)/t10-/m0/s1. The second-order valence-electron chi connectivity index (χ2n) is 4.84. The molecular weight excluding hydrogens is 352 g/mol. The summed E-state index contributed by atoms with van der Waals surface area (Å²) < 4.78 is 5.11. The van der Waals surface area contributed by atoms with E-state index < -0.39 is 4.92 Å². The van der Waals surface area contributed by atoms with Gasteiger partial charge in [-0.25, -0.2) is 0 Å². The van der Waals surface area contributed by atoms with Gasteiger partial charge in [0, 0.05) is 16.0 Å². The Morgan fingerprint density at radius 1 is 1.29 bits per heavy atom. The molecular formula is C16H15ClN2O4S. The molecule has 8 heteroatoms. The Labute approximate surface area is 148 Å². The van der Waals surface area contributed by atoms with Crippen molar-refractivity contribution in [3.05, 3.63) is 57.6 Å². The van der Waals surface area contributed by atoms with Crippen molar-refractivity contribution in [1.29, 1.82) is 0 Å². The normalized spacial score (nSPS) is 11.6. The van der Waals surface area contributed by atoms with E-state index in [0.29, 0.717) is 10.7 Å². The molecule has 2 aromatic carbocycles. The quantitative estimate of drug-likeness (QED) is 0.466. The molecule has 1 N–H and O–H groups in total. The predicted molar refractivity (Wildman–Crippen MR) is 95.0 cm³/mol. The van der Waals surface area contributed by atoms with Gasteiger partial charge in [0.05, 0.1) is 29.0 Å². The van der Waals surface area contributed by atoms with Crippen molar-refractivity contribution in [2.24, 2.45) is 0 Å². The first-order chi connectivity index (χ1) is 11.4. The molecule has 2 aromatic rings. The van der Waals surface area contributed by atoms with E-state index in [9.17, 15) is 14.9 Å². The van der Waals surface area contributed by atoms with Gasteiger partial charge in [-0.15, -0.1) is 11.8 Å². The number of carbonyl (C=O) groups excluding carboxylic acids is 1. The van der Waals surface area contributed by atoms with Gasteiger partial charge < -0.3 is 10.1 Å². The molecule has 0 saturated carbocycles. The molecule has 0 aromatic heterocycles. The molecule has 6 nitrogen and oxygen atoms in total. The number of hydrogen-bond acceptors (Lipinski definition) is 5. The number of amides is 1. The fourth-order valence-corrected chi connectivity index (χ4v) is 2.90. The number of thioether (sulfide) groups is 1. The topological polar surface area (TPSA) is 81.5 Å². The summed E-state index contributed by atoms with van der Waals surface area (Å²) in [5.74, 6) is 0.00310. The Balaban J connectivity index is 2.08. The number of nitro groups is 1. The number of nitrogens with one attached hydrogen (secondary N) is 1. The van der Waals surface area contributed by atoms with E-state index in [4.69, 9.17) is 16.3 Å². The smallest absolute Gasteiger partial charge is 0.273 e. The molecule has 1 amide bonds. The fourth-order valence-electron chi connectivity index (χ4n) is 1.90. The number of ether oxygens (including phenoxy) is 1. The number of non-ortho nitro benzene ring substituents is 1. The van der Waals surface area contributed by atoms with Crippen LogP contribution in [0.15, 0.2) is 47.4 Å². The van der Waals surface area contributed by atoms with Crippen molar-refractivity contribution in [2.75, 3.05) is 12.4 Å². The molecule has 0 spiro atoms. The van der Waals surface area contributed by atoms with Crippen LogP contribution in [0.3, 0.4) is 0 Å². The highest BCUT2D eigenvalue weighted by molar-refractivity contribution is 8.00. The maximum atomic E-state index is 12.3. The SMILES string of the molecule is COc1cc([N+](=O)[O-])ccc1NC(=O)[C@H](C)Sc1ccc(Cl)cc1. The lowest BCUT2D eigenvalue weighted by atomic mass is 10.2. The van der Waals surface area contributed by atoms with Crippen LogP contribution in [0.5, 0.6) is 5.75 Å². The minimum Gasteiger partial charge on any atom is -0.494 e. The van der Waals surface area contributed by atoms with Crippen LogP contribution in [0.2, 0.25) is 5.02 Å². The van der Waals surface area contributed by atoms with E-state index in [1.54, 1.807) is 19.1 Å². The van der Waals surface area contributed by atoms with Crippen LogP contribution in [0, 0.1) is 10.1 Å². The average Bonchev–Trinajstić information content (AvgIpc) is 2.56. The number of methoxy groups -OCH3 is 1. The molecule has 0 aliphatic heterocycles. The Morgan fingerprint density at radius 3 is 2.54 bits per heavy atom. The zero-order valence-electron chi connectivity index (χ0n) is 13.0. The van der Waals surface area contributed by atoms with Gasteiger partial charge in [0.15, 0.2) is 0 Å². The molecule has 0 bridgehead atoms. The summed E-state index contributed by atoms with van der Waals surface area (Å²) in [5, 5.41) is 13.8. The number of nitro benzene ring substituents is 1.